The number of rotatable bonds is 7. The molecule has 0 spiro atoms. The highest BCUT2D eigenvalue weighted by molar-refractivity contribution is 5.94. The summed E-state index contributed by atoms with van der Waals surface area (Å²) in [6.07, 6.45) is 0.403. The van der Waals surface area contributed by atoms with E-state index in [0.717, 1.165) is 12.8 Å². The van der Waals surface area contributed by atoms with Gasteiger partial charge in [0.05, 0.1) is 0 Å². The zero-order chi connectivity index (χ0) is 17.0. The quantitative estimate of drug-likeness (QED) is 0.777. The summed E-state index contributed by atoms with van der Waals surface area (Å²) in [5, 5.41) is 3.05. The van der Waals surface area contributed by atoms with Crippen molar-refractivity contribution in [3.8, 4) is 0 Å². The molecule has 0 aromatic heterocycles. The van der Waals surface area contributed by atoms with Gasteiger partial charge in [0, 0.05) is 20.1 Å². The fourth-order valence-electron chi connectivity index (χ4n) is 2.70. The molecule has 1 aliphatic heterocycles. The summed E-state index contributed by atoms with van der Waals surface area (Å²) in [6, 6.07) is 10.1. The number of ether oxygens (including phenoxy) is 1. The number of carbonyl (C=O) groups excluding carboxylic acids is 2. The Bertz CT molecular complexity index is 542. The van der Waals surface area contributed by atoms with Crippen LogP contribution in [0.4, 0.5) is 0 Å². The number of benzene rings is 1. The molecule has 1 saturated heterocycles. The largest absolute Gasteiger partial charge is 0.351 e. The third-order valence-electron chi connectivity index (χ3n) is 3.86. The number of nitrogens with zero attached hydrogens (tertiary/aromatic N) is 1. The molecule has 5 nitrogen and oxygen atoms in total. The number of hydrogen-bond acceptors (Lipinski definition) is 3. The number of hydrogen-bond donors (Lipinski definition) is 1. The summed E-state index contributed by atoms with van der Waals surface area (Å²) in [5.74, 6) is 0.128. The van der Waals surface area contributed by atoms with Gasteiger partial charge in [-0.15, -0.1) is 0 Å². The van der Waals surface area contributed by atoms with Gasteiger partial charge in [-0.3, -0.25) is 9.59 Å². The minimum absolute atomic E-state index is 0.0456. The molecule has 0 saturated carbocycles. The maximum Gasteiger partial charge on any atom is 0.254 e. The highest BCUT2D eigenvalue weighted by atomic mass is 16.6. The molecule has 2 rings (SSSR count). The Morgan fingerprint density at radius 1 is 1.17 bits per heavy atom. The average Bonchev–Trinajstić information content (AvgIpc) is 3.27. The Morgan fingerprint density at radius 3 is 2.39 bits per heavy atom. The normalized spacial score (nSPS) is 20.9. The topological polar surface area (TPSA) is 61.9 Å². The van der Waals surface area contributed by atoms with E-state index in [0.29, 0.717) is 5.92 Å². The third-order valence-corrected chi connectivity index (χ3v) is 3.86. The van der Waals surface area contributed by atoms with Gasteiger partial charge in [0.15, 0.2) is 12.2 Å². The van der Waals surface area contributed by atoms with Crippen LogP contribution in [0.2, 0.25) is 0 Å². The maximum absolute atomic E-state index is 12.3. The lowest BCUT2D eigenvalue weighted by Crippen LogP contribution is -2.41. The summed E-state index contributed by atoms with van der Waals surface area (Å²) < 4.78 is 5.25. The van der Waals surface area contributed by atoms with E-state index in [2.05, 4.69) is 31.3 Å². The van der Waals surface area contributed by atoms with Crippen molar-refractivity contribution in [2.24, 2.45) is 5.92 Å². The van der Waals surface area contributed by atoms with Gasteiger partial charge in [-0.25, -0.2) is 0 Å². The Hall–Kier alpha value is -1.88. The van der Waals surface area contributed by atoms with E-state index in [4.69, 9.17) is 4.74 Å². The Kier molecular flexibility index (Phi) is 5.77. The number of amides is 2. The van der Waals surface area contributed by atoms with Gasteiger partial charge >= 0.3 is 0 Å². The molecule has 1 aromatic carbocycles. The molecule has 3 atom stereocenters. The third kappa shape index (κ3) is 5.06. The highest BCUT2D eigenvalue weighted by Gasteiger charge is 2.51. The Labute approximate surface area is 138 Å². The molecule has 2 amide bonds. The van der Waals surface area contributed by atoms with Crippen molar-refractivity contribution < 1.29 is 14.3 Å². The smallest absolute Gasteiger partial charge is 0.254 e. The first-order valence-corrected chi connectivity index (χ1v) is 8.09. The van der Waals surface area contributed by atoms with Crippen molar-refractivity contribution in [1.82, 2.24) is 10.2 Å². The van der Waals surface area contributed by atoms with Crippen LogP contribution in [0.1, 0.15) is 25.8 Å². The molecular weight excluding hydrogens is 292 g/mol. The van der Waals surface area contributed by atoms with E-state index in [-0.39, 0.29) is 17.9 Å². The zero-order valence-corrected chi connectivity index (χ0v) is 14.3. The second-order valence-electron chi connectivity index (χ2n) is 6.73. The van der Waals surface area contributed by atoms with Gasteiger partial charge in [-0.1, -0.05) is 44.2 Å². The van der Waals surface area contributed by atoms with Crippen molar-refractivity contribution in [1.29, 1.82) is 0 Å². The molecular formula is C18H26N2O3. The molecule has 1 aliphatic rings. The van der Waals surface area contributed by atoms with Crippen LogP contribution in [0.15, 0.2) is 30.3 Å². The number of likely N-dealkylation sites (N-methyl/N-ethyl adjacent to an activating group) is 1. The molecule has 1 heterocycles. The minimum atomic E-state index is -0.643. The van der Waals surface area contributed by atoms with Crippen molar-refractivity contribution in [2.45, 2.75) is 44.9 Å². The fourth-order valence-corrected chi connectivity index (χ4v) is 2.70. The second-order valence-corrected chi connectivity index (χ2v) is 6.73. The van der Waals surface area contributed by atoms with E-state index < -0.39 is 12.2 Å². The monoisotopic (exact) mass is 318 g/mol. The van der Waals surface area contributed by atoms with Crippen LogP contribution < -0.4 is 5.32 Å². The van der Waals surface area contributed by atoms with E-state index in [1.807, 2.05) is 18.2 Å². The van der Waals surface area contributed by atoms with Gasteiger partial charge < -0.3 is 15.0 Å². The predicted octanol–water partition coefficient (Wildman–Crippen LogP) is 1.62. The van der Waals surface area contributed by atoms with Crippen LogP contribution in [0.5, 0.6) is 0 Å². The van der Waals surface area contributed by atoms with Gasteiger partial charge in [0.25, 0.3) is 11.8 Å². The molecule has 1 fully saturated rings. The summed E-state index contributed by atoms with van der Waals surface area (Å²) in [5.41, 5.74) is 1.19. The first-order valence-electron chi connectivity index (χ1n) is 8.09. The van der Waals surface area contributed by atoms with E-state index in [9.17, 15) is 9.59 Å². The lowest BCUT2D eigenvalue weighted by Gasteiger charge is -2.20. The SMILES string of the molecule is CC(C)CC(Cc1ccccc1)NC(=O)C1OC1C(=O)N(C)C. The van der Waals surface area contributed by atoms with Crippen molar-refractivity contribution >= 4 is 11.8 Å². The van der Waals surface area contributed by atoms with Crippen LogP contribution in [0, 0.1) is 5.92 Å². The van der Waals surface area contributed by atoms with Crippen LogP contribution in [-0.2, 0) is 20.7 Å². The molecule has 1 N–H and O–H groups in total. The standard InChI is InChI=1S/C18H26N2O3/c1-12(2)10-14(11-13-8-6-5-7-9-13)19-17(21)15-16(23-15)18(22)20(3)4/h5-9,12,14-16H,10-11H2,1-4H3,(H,19,21). The predicted molar refractivity (Wildman–Crippen MR) is 88.9 cm³/mol. The Morgan fingerprint density at radius 2 is 1.83 bits per heavy atom. The fraction of sp³-hybridized carbons (Fsp3) is 0.556. The van der Waals surface area contributed by atoms with Gasteiger partial charge in [-0.2, -0.15) is 0 Å². The van der Waals surface area contributed by atoms with Crippen LogP contribution in [-0.4, -0.2) is 49.1 Å². The van der Waals surface area contributed by atoms with Crippen LogP contribution >= 0.6 is 0 Å². The molecule has 3 unspecified atom stereocenters. The van der Waals surface area contributed by atoms with Gasteiger partial charge in [0.2, 0.25) is 0 Å². The summed E-state index contributed by atoms with van der Waals surface area (Å²) >= 11 is 0. The number of carbonyl (C=O) groups is 2. The molecule has 23 heavy (non-hydrogen) atoms. The molecule has 0 bridgehead atoms. The Balaban J connectivity index is 1.93. The lowest BCUT2D eigenvalue weighted by atomic mass is 9.97. The van der Waals surface area contributed by atoms with Crippen molar-refractivity contribution in [2.75, 3.05) is 14.1 Å². The maximum atomic E-state index is 12.3. The first kappa shape index (κ1) is 17.5. The van der Waals surface area contributed by atoms with Gasteiger partial charge in [0.1, 0.15) is 0 Å². The molecule has 1 aromatic rings. The van der Waals surface area contributed by atoms with Crippen LogP contribution in [0.3, 0.4) is 0 Å². The molecule has 5 heteroatoms. The average molecular weight is 318 g/mol. The molecule has 0 radical (unpaired) electrons. The minimum Gasteiger partial charge on any atom is -0.351 e. The summed E-state index contributed by atoms with van der Waals surface area (Å²) in [4.78, 5) is 25.6. The highest BCUT2D eigenvalue weighted by Crippen LogP contribution is 2.24. The van der Waals surface area contributed by atoms with E-state index in [1.165, 1.54) is 10.5 Å². The molecule has 0 aliphatic carbocycles. The summed E-state index contributed by atoms with van der Waals surface area (Å²) in [6.45, 7) is 4.27. The van der Waals surface area contributed by atoms with Gasteiger partial charge in [-0.05, 0) is 24.3 Å². The number of nitrogens with one attached hydrogen (secondary N) is 1. The number of epoxide rings is 1. The van der Waals surface area contributed by atoms with Crippen molar-refractivity contribution in [3.63, 3.8) is 0 Å². The van der Waals surface area contributed by atoms with Crippen LogP contribution in [0.25, 0.3) is 0 Å². The van der Waals surface area contributed by atoms with E-state index in [1.54, 1.807) is 14.1 Å². The lowest BCUT2D eigenvalue weighted by molar-refractivity contribution is -0.130. The zero-order valence-electron chi connectivity index (χ0n) is 14.3. The van der Waals surface area contributed by atoms with Crippen molar-refractivity contribution in [3.05, 3.63) is 35.9 Å². The second kappa shape index (κ2) is 7.59. The first-order chi connectivity index (χ1) is 10.9. The summed E-state index contributed by atoms with van der Waals surface area (Å²) in [7, 11) is 3.33. The molecule has 126 valence electrons. The van der Waals surface area contributed by atoms with E-state index >= 15 is 0 Å².